The van der Waals surface area contributed by atoms with Crippen LogP contribution in [0.4, 0.5) is 4.79 Å². The lowest BCUT2D eigenvalue weighted by molar-refractivity contribution is -0.0430. The molecule has 1 aliphatic rings. The molecule has 1 aliphatic carbocycles. The molecule has 0 aliphatic heterocycles. The minimum absolute atomic E-state index is 0.258. The van der Waals surface area contributed by atoms with Gasteiger partial charge in [-0.15, -0.1) is 0 Å². The van der Waals surface area contributed by atoms with Gasteiger partial charge in [0.1, 0.15) is 5.60 Å². The Morgan fingerprint density at radius 3 is 2.33 bits per heavy atom. The van der Waals surface area contributed by atoms with Gasteiger partial charge in [0.15, 0.2) is 0 Å². The summed E-state index contributed by atoms with van der Waals surface area (Å²) in [5, 5.41) is 0. The molecule has 21 heavy (non-hydrogen) atoms. The number of carbonyl (C=O) groups excluding carboxylic acids is 1. The van der Waals surface area contributed by atoms with Crippen molar-refractivity contribution in [1.82, 2.24) is 4.90 Å². The zero-order chi connectivity index (χ0) is 16.1. The molecule has 1 atom stereocenters. The number of rotatable bonds is 8. The molecular formula is C16H30INO3. The molecule has 1 amide bonds. The second kappa shape index (κ2) is 7.99. The van der Waals surface area contributed by atoms with Crippen molar-refractivity contribution in [2.24, 2.45) is 5.92 Å². The van der Waals surface area contributed by atoms with Crippen LogP contribution >= 0.6 is 22.6 Å². The Morgan fingerprint density at radius 2 is 1.90 bits per heavy atom. The van der Waals surface area contributed by atoms with E-state index in [-0.39, 0.29) is 11.7 Å². The molecule has 1 unspecified atom stereocenters. The topological polar surface area (TPSA) is 38.8 Å². The summed E-state index contributed by atoms with van der Waals surface area (Å²) in [6.07, 6.45) is 3.59. The van der Waals surface area contributed by atoms with E-state index in [4.69, 9.17) is 9.47 Å². The summed E-state index contributed by atoms with van der Waals surface area (Å²) in [5.41, 5.74) is -0.763. The van der Waals surface area contributed by atoms with E-state index in [2.05, 4.69) is 29.5 Å². The summed E-state index contributed by atoms with van der Waals surface area (Å²) in [4.78, 5) is 14.0. The van der Waals surface area contributed by atoms with Crippen molar-refractivity contribution in [1.29, 1.82) is 0 Å². The summed E-state index contributed by atoms with van der Waals surface area (Å²) < 4.78 is 12.4. The molecule has 0 aromatic heterocycles. The third-order valence-corrected chi connectivity index (χ3v) is 5.13. The summed E-state index contributed by atoms with van der Waals surface area (Å²) >= 11 is 2.34. The molecule has 0 aromatic carbocycles. The molecule has 0 saturated heterocycles. The zero-order valence-corrected chi connectivity index (χ0v) is 16.2. The largest absolute Gasteiger partial charge is 0.444 e. The fourth-order valence-electron chi connectivity index (χ4n) is 2.04. The second-order valence-corrected chi connectivity index (χ2v) is 7.92. The fourth-order valence-corrected chi connectivity index (χ4v) is 2.50. The third kappa shape index (κ3) is 7.68. The van der Waals surface area contributed by atoms with Crippen LogP contribution in [-0.2, 0) is 9.47 Å². The third-order valence-electron chi connectivity index (χ3n) is 3.51. The number of ether oxygens (including phenoxy) is 2. The Balaban J connectivity index is 2.50. The minimum Gasteiger partial charge on any atom is -0.444 e. The highest BCUT2D eigenvalue weighted by Gasteiger charge is 2.31. The summed E-state index contributed by atoms with van der Waals surface area (Å²) in [6, 6.07) is 0. The molecule has 0 spiro atoms. The van der Waals surface area contributed by atoms with Gasteiger partial charge in [0.2, 0.25) is 0 Å². The second-order valence-electron chi connectivity index (χ2n) is 7.16. The van der Waals surface area contributed by atoms with E-state index in [0.29, 0.717) is 13.1 Å². The molecule has 0 N–H and O–H groups in total. The van der Waals surface area contributed by atoms with Gasteiger partial charge in [0.25, 0.3) is 0 Å². The minimum atomic E-state index is -0.460. The van der Waals surface area contributed by atoms with Crippen molar-refractivity contribution in [2.45, 2.75) is 65.1 Å². The number of likely N-dealkylation sites (N-methyl/N-ethyl adjacent to an activating group) is 1. The van der Waals surface area contributed by atoms with Crippen LogP contribution in [0.15, 0.2) is 0 Å². The molecule has 0 radical (unpaired) electrons. The maximum atomic E-state index is 12.2. The summed E-state index contributed by atoms with van der Waals surface area (Å²) in [6.45, 7) is 11.7. The maximum Gasteiger partial charge on any atom is 0.410 e. The quantitative estimate of drug-likeness (QED) is 0.443. The van der Waals surface area contributed by atoms with Gasteiger partial charge in [0.05, 0.1) is 12.1 Å². The van der Waals surface area contributed by atoms with Crippen molar-refractivity contribution in [2.75, 3.05) is 24.1 Å². The molecule has 1 saturated carbocycles. The first-order valence-electron chi connectivity index (χ1n) is 7.87. The highest BCUT2D eigenvalue weighted by Crippen LogP contribution is 2.32. The van der Waals surface area contributed by atoms with Gasteiger partial charge in [0, 0.05) is 17.6 Å². The predicted octanol–water partition coefficient (Wildman–Crippen LogP) is 4.25. The van der Waals surface area contributed by atoms with Gasteiger partial charge in [-0.05, 0) is 47.0 Å². The molecule has 0 bridgehead atoms. The summed E-state index contributed by atoms with van der Waals surface area (Å²) in [7, 11) is 0. The summed E-state index contributed by atoms with van der Waals surface area (Å²) in [5.74, 6) is 0.872. The number of amides is 1. The molecule has 124 valence electrons. The molecule has 5 heteroatoms. The van der Waals surface area contributed by atoms with Gasteiger partial charge < -0.3 is 14.4 Å². The number of alkyl halides is 1. The van der Waals surface area contributed by atoms with Crippen molar-refractivity contribution in [3.05, 3.63) is 0 Å². The fraction of sp³-hybridized carbons (Fsp3) is 0.938. The Bertz CT molecular complexity index is 339. The number of halogens is 1. The van der Waals surface area contributed by atoms with Crippen molar-refractivity contribution in [3.63, 3.8) is 0 Å². The van der Waals surface area contributed by atoms with Crippen LogP contribution in [0, 0.1) is 5.92 Å². The molecule has 0 heterocycles. The van der Waals surface area contributed by atoms with E-state index in [1.807, 2.05) is 27.7 Å². The first kappa shape index (κ1) is 19.0. The first-order valence-corrected chi connectivity index (χ1v) is 9.39. The lowest BCUT2D eigenvalue weighted by atomic mass is 10.1. The Hall–Kier alpha value is -0.0400. The van der Waals surface area contributed by atoms with E-state index in [1.165, 1.54) is 12.8 Å². The van der Waals surface area contributed by atoms with Crippen molar-refractivity contribution in [3.8, 4) is 0 Å². The van der Waals surface area contributed by atoms with Crippen LogP contribution in [-0.4, -0.2) is 46.3 Å². The van der Waals surface area contributed by atoms with E-state index in [9.17, 15) is 4.79 Å². The highest BCUT2D eigenvalue weighted by molar-refractivity contribution is 14.1. The number of nitrogens with zero attached hydrogens (tertiary/aromatic N) is 1. The molecule has 1 fully saturated rings. The van der Waals surface area contributed by atoms with E-state index < -0.39 is 5.60 Å². The van der Waals surface area contributed by atoms with Crippen LogP contribution < -0.4 is 0 Å². The molecule has 1 rings (SSSR count). The maximum absolute atomic E-state index is 12.2. The SMILES string of the molecule is CCN(CC(C)(CI)OCCC1CC1)C(=O)OC(C)(C)C. The molecule has 4 nitrogen and oxygen atoms in total. The predicted molar refractivity (Wildman–Crippen MR) is 94.1 cm³/mol. The lowest BCUT2D eigenvalue weighted by Gasteiger charge is -2.35. The van der Waals surface area contributed by atoms with Gasteiger partial charge in [-0.25, -0.2) is 4.79 Å². The number of carbonyl (C=O) groups is 1. The lowest BCUT2D eigenvalue weighted by Crippen LogP contribution is -2.48. The Labute approximate surface area is 143 Å². The van der Waals surface area contributed by atoms with E-state index in [0.717, 1.165) is 23.4 Å². The van der Waals surface area contributed by atoms with Gasteiger partial charge in [-0.3, -0.25) is 0 Å². The smallest absolute Gasteiger partial charge is 0.410 e. The van der Waals surface area contributed by atoms with Crippen LogP contribution in [0.3, 0.4) is 0 Å². The van der Waals surface area contributed by atoms with Crippen molar-refractivity contribution < 1.29 is 14.3 Å². The molecular weight excluding hydrogens is 381 g/mol. The Morgan fingerprint density at radius 1 is 1.29 bits per heavy atom. The molecule has 0 aromatic rings. The van der Waals surface area contributed by atoms with Crippen LogP contribution in [0.1, 0.15) is 53.9 Å². The first-order chi connectivity index (χ1) is 9.69. The zero-order valence-electron chi connectivity index (χ0n) is 14.1. The van der Waals surface area contributed by atoms with Gasteiger partial charge in [-0.2, -0.15) is 0 Å². The van der Waals surface area contributed by atoms with Gasteiger partial charge >= 0.3 is 6.09 Å². The van der Waals surface area contributed by atoms with E-state index in [1.54, 1.807) is 4.90 Å². The van der Waals surface area contributed by atoms with E-state index >= 15 is 0 Å². The highest BCUT2D eigenvalue weighted by atomic mass is 127. The number of hydrogen-bond donors (Lipinski definition) is 0. The van der Waals surface area contributed by atoms with Crippen LogP contribution in [0.25, 0.3) is 0 Å². The van der Waals surface area contributed by atoms with Crippen molar-refractivity contribution >= 4 is 28.7 Å². The number of hydrogen-bond acceptors (Lipinski definition) is 3. The average molecular weight is 411 g/mol. The van der Waals surface area contributed by atoms with Crippen LogP contribution in [0.5, 0.6) is 0 Å². The Kier molecular flexibility index (Phi) is 7.24. The standard InChI is InChI=1S/C16H30INO3/c1-6-18(14(19)21-15(2,3)4)12-16(5,11-17)20-10-9-13-7-8-13/h13H,6-12H2,1-5H3. The van der Waals surface area contributed by atoms with Gasteiger partial charge in [-0.1, -0.05) is 35.4 Å². The normalized spacial score (nSPS) is 18.2. The monoisotopic (exact) mass is 411 g/mol. The average Bonchev–Trinajstić information content (AvgIpc) is 3.18. The van der Waals surface area contributed by atoms with Crippen LogP contribution in [0.2, 0.25) is 0 Å².